The van der Waals surface area contributed by atoms with Crippen LogP contribution in [0, 0.1) is 11.3 Å². The molecule has 6 nitrogen and oxygen atoms in total. The van der Waals surface area contributed by atoms with Gasteiger partial charge in [0, 0.05) is 11.8 Å². The van der Waals surface area contributed by atoms with E-state index < -0.39 is 11.3 Å². The first-order valence-corrected chi connectivity index (χ1v) is 5.71. The van der Waals surface area contributed by atoms with Gasteiger partial charge in [0.05, 0.1) is 11.1 Å². The summed E-state index contributed by atoms with van der Waals surface area (Å²) in [6.07, 6.45) is 1.49. The quantitative estimate of drug-likeness (QED) is 0.749. The average molecular weight is 254 g/mol. The zero-order valence-corrected chi connectivity index (χ0v) is 10.4. The number of fused-ring (bicyclic) bond motifs is 2. The fourth-order valence-electron chi connectivity index (χ4n) is 2.30. The zero-order chi connectivity index (χ0) is 13.8. The highest BCUT2D eigenvalue weighted by Crippen LogP contribution is 2.36. The minimum atomic E-state index is -1.55. The van der Waals surface area contributed by atoms with Crippen molar-refractivity contribution in [2.45, 2.75) is 19.6 Å². The van der Waals surface area contributed by atoms with Gasteiger partial charge in [0.15, 0.2) is 17.1 Å². The number of hydrogen-bond acceptors (Lipinski definition) is 5. The number of hydrogen-bond donors (Lipinski definition) is 1. The molecular formula is C13H10N4O2. The molecule has 0 saturated carbocycles. The van der Waals surface area contributed by atoms with Gasteiger partial charge in [-0.05, 0) is 26.0 Å². The molecule has 0 aliphatic carbocycles. The van der Waals surface area contributed by atoms with Crippen LogP contribution < -0.4 is 5.56 Å². The van der Waals surface area contributed by atoms with Crippen LogP contribution in [0.2, 0.25) is 0 Å². The summed E-state index contributed by atoms with van der Waals surface area (Å²) < 4.78 is 1.12. The third-order valence-electron chi connectivity index (χ3n) is 3.49. The Labute approximate surface area is 108 Å². The normalized spacial score (nSPS) is 21.6. The maximum absolute atomic E-state index is 12.4. The summed E-state index contributed by atoms with van der Waals surface area (Å²) >= 11 is 0. The van der Waals surface area contributed by atoms with Gasteiger partial charge in [-0.25, -0.2) is 9.97 Å². The Morgan fingerprint density at radius 3 is 2.95 bits per heavy atom. The molecule has 19 heavy (non-hydrogen) atoms. The van der Waals surface area contributed by atoms with Gasteiger partial charge >= 0.3 is 0 Å². The summed E-state index contributed by atoms with van der Waals surface area (Å²) in [6.45, 7) is 3.08. The Morgan fingerprint density at radius 1 is 1.53 bits per heavy atom. The van der Waals surface area contributed by atoms with E-state index in [4.69, 9.17) is 0 Å². The van der Waals surface area contributed by atoms with E-state index in [1.54, 1.807) is 19.1 Å². The minimum absolute atomic E-state index is 0.179. The van der Waals surface area contributed by atoms with Crippen LogP contribution in [0.5, 0.6) is 0 Å². The molecule has 0 fully saturated rings. The molecule has 1 aliphatic rings. The van der Waals surface area contributed by atoms with Crippen LogP contribution in [-0.4, -0.2) is 19.6 Å². The topological polar surface area (TPSA) is 91.8 Å². The van der Waals surface area contributed by atoms with Crippen LogP contribution in [-0.2, 0) is 5.72 Å². The highest BCUT2D eigenvalue weighted by Gasteiger charge is 2.40. The van der Waals surface area contributed by atoms with Crippen LogP contribution in [0.1, 0.15) is 19.7 Å². The second kappa shape index (κ2) is 3.49. The summed E-state index contributed by atoms with van der Waals surface area (Å²) in [5, 5.41) is 19.6. The number of aromatic nitrogens is 3. The summed E-state index contributed by atoms with van der Waals surface area (Å²) in [4.78, 5) is 20.7. The van der Waals surface area contributed by atoms with Crippen molar-refractivity contribution in [3.63, 3.8) is 0 Å². The Bertz CT molecular complexity index is 840. The molecule has 2 aromatic heterocycles. The highest BCUT2D eigenvalue weighted by molar-refractivity contribution is 5.83. The van der Waals surface area contributed by atoms with Crippen molar-refractivity contribution in [3.8, 4) is 6.07 Å². The van der Waals surface area contributed by atoms with Crippen molar-refractivity contribution in [3.05, 3.63) is 40.1 Å². The molecule has 0 spiro atoms. The first-order valence-electron chi connectivity index (χ1n) is 5.71. The second-order valence-electron chi connectivity index (χ2n) is 4.58. The minimum Gasteiger partial charge on any atom is -0.367 e. The van der Waals surface area contributed by atoms with Crippen molar-refractivity contribution >= 4 is 16.6 Å². The smallest absolute Gasteiger partial charge is 0.282 e. The number of aliphatic hydroxyl groups is 1. The molecule has 0 unspecified atom stereocenters. The van der Waals surface area contributed by atoms with Gasteiger partial charge in [-0.3, -0.25) is 9.36 Å². The van der Waals surface area contributed by atoms with Crippen LogP contribution in [0.3, 0.4) is 0 Å². The maximum Gasteiger partial charge on any atom is 0.282 e. The van der Waals surface area contributed by atoms with Gasteiger partial charge in [0.1, 0.15) is 6.07 Å². The van der Waals surface area contributed by atoms with E-state index in [1.807, 2.05) is 6.07 Å². The SMILES string of the molecule is CC1=C(C#N)c2nc3cccnc3c(=O)n2[C@]1(C)O. The first kappa shape index (κ1) is 11.6. The Balaban J connectivity index is 2.54. The van der Waals surface area contributed by atoms with Crippen molar-refractivity contribution < 1.29 is 5.11 Å². The molecule has 1 N–H and O–H groups in total. The largest absolute Gasteiger partial charge is 0.367 e. The molecule has 3 heterocycles. The van der Waals surface area contributed by atoms with Gasteiger partial charge in [0.2, 0.25) is 0 Å². The summed E-state index contributed by atoms with van der Waals surface area (Å²) in [5.74, 6) is 0.190. The van der Waals surface area contributed by atoms with Crippen LogP contribution in [0.4, 0.5) is 0 Å². The highest BCUT2D eigenvalue weighted by atomic mass is 16.3. The summed E-state index contributed by atoms with van der Waals surface area (Å²) in [6, 6.07) is 5.32. The lowest BCUT2D eigenvalue weighted by Crippen LogP contribution is -2.38. The number of rotatable bonds is 0. The molecule has 1 atom stereocenters. The molecule has 0 saturated heterocycles. The molecule has 0 radical (unpaired) electrons. The van der Waals surface area contributed by atoms with E-state index in [1.165, 1.54) is 13.1 Å². The van der Waals surface area contributed by atoms with Crippen LogP contribution >= 0.6 is 0 Å². The van der Waals surface area contributed by atoms with Gasteiger partial charge < -0.3 is 5.11 Å². The van der Waals surface area contributed by atoms with E-state index in [0.717, 1.165) is 4.57 Å². The van der Waals surface area contributed by atoms with Crippen molar-refractivity contribution in [2.75, 3.05) is 0 Å². The van der Waals surface area contributed by atoms with Crippen molar-refractivity contribution in [2.24, 2.45) is 0 Å². The van der Waals surface area contributed by atoms with E-state index in [2.05, 4.69) is 9.97 Å². The molecular weight excluding hydrogens is 244 g/mol. The molecule has 0 aromatic carbocycles. The molecule has 1 aliphatic heterocycles. The lowest BCUT2D eigenvalue weighted by molar-refractivity contribution is 0.0229. The van der Waals surface area contributed by atoms with Crippen molar-refractivity contribution in [1.29, 1.82) is 5.26 Å². The fourth-order valence-corrected chi connectivity index (χ4v) is 2.30. The third-order valence-corrected chi connectivity index (χ3v) is 3.49. The number of nitriles is 1. The van der Waals surface area contributed by atoms with Crippen LogP contribution in [0.15, 0.2) is 28.7 Å². The van der Waals surface area contributed by atoms with E-state index >= 15 is 0 Å². The molecule has 0 bridgehead atoms. The molecule has 0 amide bonds. The van der Waals surface area contributed by atoms with Gasteiger partial charge in [0.25, 0.3) is 5.56 Å². The molecule has 94 valence electrons. The molecule has 3 rings (SSSR count). The van der Waals surface area contributed by atoms with E-state index in [0.29, 0.717) is 11.1 Å². The zero-order valence-electron chi connectivity index (χ0n) is 10.4. The Hall–Kier alpha value is -2.52. The molecule has 2 aromatic rings. The lowest BCUT2D eigenvalue weighted by atomic mass is 10.1. The lowest BCUT2D eigenvalue weighted by Gasteiger charge is -2.22. The monoisotopic (exact) mass is 254 g/mol. The Kier molecular flexibility index (Phi) is 2.13. The third kappa shape index (κ3) is 1.30. The predicted molar refractivity (Wildman–Crippen MR) is 67.9 cm³/mol. The number of allylic oxidation sites excluding steroid dienone is 1. The summed E-state index contributed by atoms with van der Waals surface area (Å²) in [5.41, 5.74) is -0.760. The van der Waals surface area contributed by atoms with Gasteiger partial charge in [-0.1, -0.05) is 0 Å². The van der Waals surface area contributed by atoms with Crippen LogP contribution in [0.25, 0.3) is 16.6 Å². The Morgan fingerprint density at radius 2 is 2.26 bits per heavy atom. The van der Waals surface area contributed by atoms with Gasteiger partial charge in [-0.15, -0.1) is 0 Å². The molecule has 6 heteroatoms. The first-order chi connectivity index (χ1) is 8.98. The maximum atomic E-state index is 12.4. The average Bonchev–Trinajstić information content (AvgIpc) is 2.57. The number of pyridine rings is 1. The fraction of sp³-hybridized carbons (Fsp3) is 0.231. The van der Waals surface area contributed by atoms with Crippen molar-refractivity contribution in [1.82, 2.24) is 14.5 Å². The van der Waals surface area contributed by atoms with E-state index in [9.17, 15) is 15.2 Å². The van der Waals surface area contributed by atoms with Gasteiger partial charge in [-0.2, -0.15) is 5.26 Å². The van der Waals surface area contributed by atoms with E-state index in [-0.39, 0.29) is 16.9 Å². The summed E-state index contributed by atoms with van der Waals surface area (Å²) in [7, 11) is 0. The number of nitrogens with zero attached hydrogens (tertiary/aromatic N) is 4. The standard InChI is InChI=1S/C13H10N4O2/c1-7-8(6-14)11-16-9-4-3-5-15-10(9)12(18)17(11)13(7,2)19/h3-5,19H,1-2H3/t13-/m1/s1. The predicted octanol–water partition coefficient (Wildman–Crippen LogP) is 0.767. The second-order valence-corrected chi connectivity index (χ2v) is 4.58.